The van der Waals surface area contributed by atoms with Crippen molar-refractivity contribution in [2.75, 3.05) is 32.0 Å². The summed E-state index contributed by atoms with van der Waals surface area (Å²) >= 11 is 0. The van der Waals surface area contributed by atoms with Crippen LogP contribution in [0.5, 0.6) is 0 Å². The lowest BCUT2D eigenvalue weighted by molar-refractivity contribution is -0.135. The standard InChI is InChI=1S/C12H17N7O2/c13-11-10-12(16-6-15-11)18(7-17-10)4-9(21)19-2-1-14-3-8(19)5-20/h6-8,14,20H,1-5H2,(H2,13,15,16). The molecular formula is C12H17N7O2. The van der Waals surface area contributed by atoms with Crippen molar-refractivity contribution in [3.8, 4) is 0 Å². The molecule has 2 aromatic rings. The van der Waals surface area contributed by atoms with E-state index in [1.54, 1.807) is 9.47 Å². The van der Waals surface area contributed by atoms with Crippen molar-refractivity contribution in [1.29, 1.82) is 0 Å². The second-order valence-corrected chi connectivity index (χ2v) is 4.93. The first-order valence-electron chi connectivity index (χ1n) is 6.73. The number of nitrogens with zero attached hydrogens (tertiary/aromatic N) is 5. The van der Waals surface area contributed by atoms with Gasteiger partial charge in [0.1, 0.15) is 18.4 Å². The number of hydrogen-bond donors (Lipinski definition) is 3. The van der Waals surface area contributed by atoms with E-state index in [0.717, 1.165) is 6.54 Å². The molecule has 0 saturated carbocycles. The van der Waals surface area contributed by atoms with Gasteiger partial charge in [-0.3, -0.25) is 4.79 Å². The van der Waals surface area contributed by atoms with E-state index in [4.69, 9.17) is 5.73 Å². The van der Waals surface area contributed by atoms with Gasteiger partial charge < -0.3 is 25.6 Å². The molecule has 21 heavy (non-hydrogen) atoms. The molecule has 0 spiro atoms. The van der Waals surface area contributed by atoms with Crippen molar-refractivity contribution in [1.82, 2.24) is 29.7 Å². The van der Waals surface area contributed by atoms with Crippen molar-refractivity contribution in [3.05, 3.63) is 12.7 Å². The number of imidazole rings is 1. The van der Waals surface area contributed by atoms with Gasteiger partial charge in [0.15, 0.2) is 11.5 Å². The van der Waals surface area contributed by atoms with E-state index in [9.17, 15) is 9.90 Å². The van der Waals surface area contributed by atoms with E-state index in [2.05, 4.69) is 20.3 Å². The maximum atomic E-state index is 12.4. The molecule has 9 nitrogen and oxygen atoms in total. The minimum atomic E-state index is -0.194. The number of carbonyl (C=O) groups excluding carboxylic acids is 1. The lowest BCUT2D eigenvalue weighted by Gasteiger charge is -2.35. The van der Waals surface area contributed by atoms with Gasteiger partial charge in [0.05, 0.1) is 19.0 Å². The Morgan fingerprint density at radius 2 is 2.33 bits per heavy atom. The lowest BCUT2D eigenvalue weighted by Crippen LogP contribution is -2.55. The van der Waals surface area contributed by atoms with Crippen LogP contribution in [0.4, 0.5) is 5.82 Å². The summed E-state index contributed by atoms with van der Waals surface area (Å²) in [5.74, 6) is 0.216. The molecule has 0 radical (unpaired) electrons. The van der Waals surface area contributed by atoms with Crippen LogP contribution in [0.1, 0.15) is 0 Å². The van der Waals surface area contributed by atoms with Crippen LogP contribution in [-0.4, -0.2) is 67.7 Å². The van der Waals surface area contributed by atoms with Crippen LogP contribution in [0.3, 0.4) is 0 Å². The van der Waals surface area contributed by atoms with Crippen LogP contribution in [0.2, 0.25) is 0 Å². The van der Waals surface area contributed by atoms with Crippen molar-refractivity contribution in [3.63, 3.8) is 0 Å². The third-order valence-corrected chi connectivity index (χ3v) is 3.62. The number of hydrogen-bond acceptors (Lipinski definition) is 7. The molecule has 3 heterocycles. The molecule has 3 rings (SSSR count). The number of aliphatic hydroxyl groups excluding tert-OH is 1. The molecule has 1 atom stereocenters. The molecule has 1 aliphatic heterocycles. The number of anilines is 1. The maximum Gasteiger partial charge on any atom is 0.243 e. The fraction of sp³-hybridized carbons (Fsp3) is 0.500. The zero-order valence-electron chi connectivity index (χ0n) is 11.4. The highest BCUT2D eigenvalue weighted by molar-refractivity contribution is 5.83. The predicted molar refractivity (Wildman–Crippen MR) is 75.2 cm³/mol. The number of nitrogens with two attached hydrogens (primary N) is 1. The van der Waals surface area contributed by atoms with Crippen molar-refractivity contribution >= 4 is 22.9 Å². The number of carbonyl (C=O) groups is 1. The van der Waals surface area contributed by atoms with Gasteiger partial charge in [-0.15, -0.1) is 0 Å². The monoisotopic (exact) mass is 291 g/mol. The highest BCUT2D eigenvalue weighted by Gasteiger charge is 2.26. The molecule has 0 aromatic carbocycles. The van der Waals surface area contributed by atoms with Gasteiger partial charge in [0.2, 0.25) is 5.91 Å². The molecule has 1 amide bonds. The van der Waals surface area contributed by atoms with Gasteiger partial charge >= 0.3 is 0 Å². The SMILES string of the molecule is Nc1ncnc2c1ncn2CC(=O)N1CCNCC1CO. The number of fused-ring (bicyclic) bond motifs is 1. The fourth-order valence-electron chi connectivity index (χ4n) is 2.50. The van der Waals surface area contributed by atoms with Gasteiger partial charge in [-0.2, -0.15) is 0 Å². The first kappa shape index (κ1) is 13.7. The summed E-state index contributed by atoms with van der Waals surface area (Å²) in [4.78, 5) is 26.2. The minimum absolute atomic E-state index is 0.0570. The quantitative estimate of drug-likeness (QED) is 0.610. The third kappa shape index (κ3) is 2.52. The topological polar surface area (TPSA) is 122 Å². The zero-order chi connectivity index (χ0) is 14.8. The normalized spacial score (nSPS) is 19.1. The van der Waals surface area contributed by atoms with Crippen LogP contribution in [-0.2, 0) is 11.3 Å². The van der Waals surface area contributed by atoms with Crippen molar-refractivity contribution < 1.29 is 9.90 Å². The molecule has 112 valence electrons. The molecule has 0 aliphatic carbocycles. The minimum Gasteiger partial charge on any atom is -0.394 e. The molecule has 0 bridgehead atoms. The first-order valence-corrected chi connectivity index (χ1v) is 6.73. The first-order chi connectivity index (χ1) is 10.2. The summed E-state index contributed by atoms with van der Waals surface area (Å²) in [6, 6.07) is -0.194. The molecule has 2 aromatic heterocycles. The predicted octanol–water partition coefficient (Wildman–Crippen LogP) is -1.80. The third-order valence-electron chi connectivity index (χ3n) is 3.62. The van der Waals surface area contributed by atoms with Gasteiger partial charge in [0, 0.05) is 19.6 Å². The Balaban J connectivity index is 1.81. The molecule has 1 saturated heterocycles. The number of aromatic nitrogens is 4. The Morgan fingerprint density at radius 3 is 3.14 bits per heavy atom. The average Bonchev–Trinajstić information content (AvgIpc) is 2.92. The molecular weight excluding hydrogens is 274 g/mol. The van der Waals surface area contributed by atoms with Gasteiger partial charge in [0.25, 0.3) is 0 Å². The van der Waals surface area contributed by atoms with E-state index < -0.39 is 0 Å². The molecule has 1 aliphatic rings. The van der Waals surface area contributed by atoms with Crippen LogP contribution in [0.25, 0.3) is 11.2 Å². The summed E-state index contributed by atoms with van der Waals surface area (Å²) < 4.78 is 1.65. The number of nitrogen functional groups attached to an aromatic ring is 1. The summed E-state index contributed by atoms with van der Waals surface area (Å²) in [6.45, 7) is 1.96. The highest BCUT2D eigenvalue weighted by atomic mass is 16.3. The zero-order valence-corrected chi connectivity index (χ0v) is 11.4. The molecule has 9 heteroatoms. The maximum absolute atomic E-state index is 12.4. The summed E-state index contributed by atoms with van der Waals surface area (Å²) in [6.07, 6.45) is 2.88. The Hall–Kier alpha value is -2.26. The van der Waals surface area contributed by atoms with E-state index in [1.807, 2.05) is 0 Å². The summed E-state index contributed by atoms with van der Waals surface area (Å²) in [5, 5.41) is 12.5. The summed E-state index contributed by atoms with van der Waals surface area (Å²) in [5.41, 5.74) is 6.75. The number of rotatable bonds is 3. The van der Waals surface area contributed by atoms with Crippen molar-refractivity contribution in [2.45, 2.75) is 12.6 Å². The smallest absolute Gasteiger partial charge is 0.243 e. The average molecular weight is 291 g/mol. The van der Waals surface area contributed by atoms with E-state index in [1.165, 1.54) is 12.7 Å². The van der Waals surface area contributed by atoms with E-state index >= 15 is 0 Å². The Labute approximate surface area is 120 Å². The van der Waals surface area contributed by atoms with E-state index in [0.29, 0.717) is 30.1 Å². The molecule has 1 fully saturated rings. The van der Waals surface area contributed by atoms with Crippen molar-refractivity contribution in [2.24, 2.45) is 0 Å². The number of nitrogens with one attached hydrogen (secondary N) is 1. The second-order valence-electron chi connectivity index (χ2n) is 4.93. The second kappa shape index (κ2) is 5.62. The van der Waals surface area contributed by atoms with Crippen LogP contribution >= 0.6 is 0 Å². The highest BCUT2D eigenvalue weighted by Crippen LogP contribution is 2.14. The fourth-order valence-corrected chi connectivity index (χ4v) is 2.50. The molecule has 4 N–H and O–H groups in total. The van der Waals surface area contributed by atoms with Crippen LogP contribution in [0, 0.1) is 0 Å². The largest absolute Gasteiger partial charge is 0.394 e. The number of aliphatic hydroxyl groups is 1. The van der Waals surface area contributed by atoms with Gasteiger partial charge in [-0.25, -0.2) is 15.0 Å². The van der Waals surface area contributed by atoms with Gasteiger partial charge in [-0.1, -0.05) is 0 Å². The Kier molecular flexibility index (Phi) is 3.67. The van der Waals surface area contributed by atoms with Crippen LogP contribution in [0.15, 0.2) is 12.7 Å². The van der Waals surface area contributed by atoms with Gasteiger partial charge in [-0.05, 0) is 0 Å². The number of piperazine rings is 1. The lowest BCUT2D eigenvalue weighted by atomic mass is 10.2. The Bertz CT molecular complexity index is 656. The summed E-state index contributed by atoms with van der Waals surface area (Å²) in [7, 11) is 0. The van der Waals surface area contributed by atoms with E-state index in [-0.39, 0.29) is 25.1 Å². The van der Waals surface area contributed by atoms with Crippen LogP contribution < -0.4 is 11.1 Å². The Morgan fingerprint density at radius 1 is 1.48 bits per heavy atom. The number of amides is 1. The molecule has 1 unspecified atom stereocenters.